The number of carbonyl (C=O) groups is 2. The lowest BCUT2D eigenvalue weighted by Crippen LogP contribution is -2.49. The number of ether oxygens (including phenoxy) is 1. The summed E-state index contributed by atoms with van der Waals surface area (Å²) in [7, 11) is 0. The van der Waals surface area contributed by atoms with Gasteiger partial charge in [-0.1, -0.05) is 11.6 Å². The predicted octanol–water partition coefficient (Wildman–Crippen LogP) is 4.66. The number of anilines is 3. The van der Waals surface area contributed by atoms with Gasteiger partial charge in [0.25, 0.3) is 0 Å². The van der Waals surface area contributed by atoms with E-state index in [1.165, 1.54) is 0 Å². The molecule has 5 rings (SSSR count). The summed E-state index contributed by atoms with van der Waals surface area (Å²) in [5.74, 6) is 1.68. The van der Waals surface area contributed by atoms with Crippen LogP contribution in [0.15, 0.2) is 47.1 Å². The summed E-state index contributed by atoms with van der Waals surface area (Å²) in [5, 5.41) is 3.92. The molecule has 0 spiro atoms. The molecule has 1 aliphatic carbocycles. The molecule has 10 heteroatoms. The smallest absolute Gasteiger partial charge is 0.409 e. The molecule has 35 heavy (non-hydrogen) atoms. The SMILES string of the molecule is CCOC(=O)N1CCN(c2nc3c(c(Nc4ccc(Cl)cc4)n2)C(=O)CC(c2ccco2)C3)CC1. The van der Waals surface area contributed by atoms with Crippen molar-refractivity contribution in [2.45, 2.75) is 25.7 Å². The molecule has 1 atom stereocenters. The summed E-state index contributed by atoms with van der Waals surface area (Å²) in [5.41, 5.74) is 1.97. The van der Waals surface area contributed by atoms with Crippen LogP contribution in [0.2, 0.25) is 5.02 Å². The maximum absolute atomic E-state index is 13.3. The van der Waals surface area contributed by atoms with Crippen LogP contribution >= 0.6 is 11.6 Å². The summed E-state index contributed by atoms with van der Waals surface area (Å²) in [6.45, 7) is 4.28. The van der Waals surface area contributed by atoms with E-state index in [9.17, 15) is 9.59 Å². The maximum atomic E-state index is 13.3. The molecule has 1 unspecified atom stereocenters. The van der Waals surface area contributed by atoms with E-state index in [4.69, 9.17) is 30.7 Å². The van der Waals surface area contributed by atoms with Crippen LogP contribution in [-0.4, -0.2) is 59.5 Å². The number of furan rings is 1. The van der Waals surface area contributed by atoms with Crippen molar-refractivity contribution in [1.29, 1.82) is 0 Å². The minimum Gasteiger partial charge on any atom is -0.469 e. The van der Waals surface area contributed by atoms with Gasteiger partial charge in [-0.05, 0) is 43.3 Å². The Labute approximate surface area is 208 Å². The molecule has 1 aliphatic heterocycles. The van der Waals surface area contributed by atoms with Crippen molar-refractivity contribution in [3.63, 3.8) is 0 Å². The Hall–Kier alpha value is -3.59. The van der Waals surface area contributed by atoms with Gasteiger partial charge in [0.2, 0.25) is 5.95 Å². The first kappa shape index (κ1) is 23.2. The zero-order chi connectivity index (χ0) is 24.4. The number of Topliss-reactive ketones (excluding diaryl/α,β-unsaturated/α-hetero) is 1. The Kier molecular flexibility index (Phi) is 6.59. The number of nitrogens with zero attached hydrogens (tertiary/aromatic N) is 4. The number of aromatic nitrogens is 2. The Bertz CT molecular complexity index is 1210. The number of nitrogens with one attached hydrogen (secondary N) is 1. The second kappa shape index (κ2) is 9.95. The van der Waals surface area contributed by atoms with Gasteiger partial charge in [0, 0.05) is 55.6 Å². The minimum atomic E-state index is -0.310. The summed E-state index contributed by atoms with van der Waals surface area (Å²) in [6, 6.07) is 11.0. The molecule has 1 amide bonds. The first-order valence-electron chi connectivity index (χ1n) is 11.7. The normalized spacial score (nSPS) is 17.8. The van der Waals surface area contributed by atoms with Crippen molar-refractivity contribution in [2.24, 2.45) is 0 Å². The minimum absolute atomic E-state index is 0.0252. The van der Waals surface area contributed by atoms with Gasteiger partial charge in [0.1, 0.15) is 11.6 Å². The Morgan fingerprint density at radius 1 is 1.14 bits per heavy atom. The van der Waals surface area contributed by atoms with Crippen LogP contribution in [0.3, 0.4) is 0 Å². The van der Waals surface area contributed by atoms with E-state index in [1.807, 2.05) is 29.2 Å². The van der Waals surface area contributed by atoms with Gasteiger partial charge in [0.15, 0.2) is 5.78 Å². The largest absolute Gasteiger partial charge is 0.469 e. The Balaban J connectivity index is 1.46. The third-order valence-electron chi connectivity index (χ3n) is 6.26. The first-order valence-corrected chi connectivity index (χ1v) is 12.1. The molecule has 3 aromatic rings. The second-order valence-electron chi connectivity index (χ2n) is 8.54. The lowest BCUT2D eigenvalue weighted by Gasteiger charge is -2.35. The van der Waals surface area contributed by atoms with Crippen molar-refractivity contribution < 1.29 is 18.7 Å². The molecular formula is C25H26ClN5O4. The van der Waals surface area contributed by atoms with Crippen LogP contribution in [0.1, 0.15) is 41.1 Å². The van der Waals surface area contributed by atoms with E-state index in [0.717, 1.165) is 11.4 Å². The van der Waals surface area contributed by atoms with Crippen molar-refractivity contribution in [3.8, 4) is 0 Å². The van der Waals surface area contributed by atoms with E-state index >= 15 is 0 Å². The molecule has 1 saturated heterocycles. The summed E-state index contributed by atoms with van der Waals surface area (Å²) in [4.78, 5) is 38.7. The predicted molar refractivity (Wildman–Crippen MR) is 132 cm³/mol. The summed E-state index contributed by atoms with van der Waals surface area (Å²) < 4.78 is 10.7. The molecule has 1 N–H and O–H groups in total. The molecule has 1 fully saturated rings. The number of ketones is 1. The number of halogens is 1. The van der Waals surface area contributed by atoms with Gasteiger partial charge < -0.3 is 24.3 Å². The monoisotopic (exact) mass is 495 g/mol. The van der Waals surface area contributed by atoms with E-state index in [1.54, 1.807) is 30.2 Å². The number of hydrogen-bond acceptors (Lipinski definition) is 8. The van der Waals surface area contributed by atoms with E-state index in [0.29, 0.717) is 73.7 Å². The van der Waals surface area contributed by atoms with Crippen LogP contribution in [0.5, 0.6) is 0 Å². The summed E-state index contributed by atoms with van der Waals surface area (Å²) in [6.07, 6.45) is 2.21. The Morgan fingerprint density at radius 3 is 2.60 bits per heavy atom. The maximum Gasteiger partial charge on any atom is 0.409 e. The van der Waals surface area contributed by atoms with E-state index < -0.39 is 0 Å². The van der Waals surface area contributed by atoms with Crippen molar-refractivity contribution >= 4 is 40.9 Å². The van der Waals surface area contributed by atoms with Crippen LogP contribution in [-0.2, 0) is 11.2 Å². The highest BCUT2D eigenvalue weighted by Gasteiger charge is 2.33. The van der Waals surface area contributed by atoms with Crippen molar-refractivity contribution in [1.82, 2.24) is 14.9 Å². The van der Waals surface area contributed by atoms with E-state index in [-0.39, 0.29) is 17.8 Å². The highest BCUT2D eigenvalue weighted by Crippen LogP contribution is 2.36. The van der Waals surface area contributed by atoms with Crippen LogP contribution in [0.25, 0.3) is 0 Å². The quantitative estimate of drug-likeness (QED) is 0.545. The van der Waals surface area contributed by atoms with Gasteiger partial charge in [-0.3, -0.25) is 4.79 Å². The van der Waals surface area contributed by atoms with Gasteiger partial charge in [0.05, 0.1) is 24.1 Å². The molecular weight excluding hydrogens is 470 g/mol. The van der Waals surface area contributed by atoms with Gasteiger partial charge >= 0.3 is 6.09 Å². The fourth-order valence-electron chi connectivity index (χ4n) is 4.50. The fourth-order valence-corrected chi connectivity index (χ4v) is 4.62. The first-order chi connectivity index (χ1) is 17.0. The average molecular weight is 496 g/mol. The molecule has 9 nitrogen and oxygen atoms in total. The van der Waals surface area contributed by atoms with Gasteiger partial charge in [-0.15, -0.1) is 0 Å². The lowest BCUT2D eigenvalue weighted by molar-refractivity contribution is 0.0958. The van der Waals surface area contributed by atoms with Gasteiger partial charge in [-0.25, -0.2) is 9.78 Å². The van der Waals surface area contributed by atoms with Crippen LogP contribution < -0.4 is 10.2 Å². The van der Waals surface area contributed by atoms with Crippen molar-refractivity contribution in [3.05, 3.63) is 64.7 Å². The van der Waals surface area contributed by atoms with Crippen LogP contribution in [0.4, 0.5) is 22.2 Å². The standard InChI is InChI=1S/C25H26ClN5O4/c1-2-34-25(33)31-11-9-30(10-12-31)24-28-19-14-16(21-4-3-13-35-21)15-20(32)22(19)23(29-24)27-18-7-5-17(26)6-8-18/h3-8,13,16H,2,9-12,14-15H2,1H3,(H,27,28,29). The molecule has 0 radical (unpaired) electrons. The third-order valence-corrected chi connectivity index (χ3v) is 6.52. The lowest BCUT2D eigenvalue weighted by atomic mass is 9.84. The van der Waals surface area contributed by atoms with Crippen molar-refractivity contribution in [2.75, 3.05) is 43.0 Å². The number of amides is 1. The molecule has 1 aromatic carbocycles. The van der Waals surface area contributed by atoms with E-state index in [2.05, 4.69) is 5.32 Å². The number of piperazine rings is 1. The molecule has 3 heterocycles. The molecule has 2 aromatic heterocycles. The third kappa shape index (κ3) is 4.95. The summed E-state index contributed by atoms with van der Waals surface area (Å²) >= 11 is 6.04. The zero-order valence-corrected chi connectivity index (χ0v) is 20.1. The van der Waals surface area contributed by atoms with Crippen LogP contribution in [0, 0.1) is 0 Å². The number of hydrogen-bond donors (Lipinski definition) is 1. The molecule has 0 bridgehead atoms. The molecule has 182 valence electrons. The van der Waals surface area contributed by atoms with Gasteiger partial charge in [-0.2, -0.15) is 4.98 Å². The number of benzene rings is 1. The number of fused-ring (bicyclic) bond motifs is 1. The Morgan fingerprint density at radius 2 is 1.91 bits per heavy atom. The topological polar surface area (TPSA) is 101 Å². The number of rotatable bonds is 5. The second-order valence-corrected chi connectivity index (χ2v) is 8.98. The highest BCUT2D eigenvalue weighted by atomic mass is 35.5. The number of carbonyl (C=O) groups excluding carboxylic acids is 2. The fraction of sp³-hybridized carbons (Fsp3) is 0.360. The zero-order valence-electron chi connectivity index (χ0n) is 19.4. The highest BCUT2D eigenvalue weighted by molar-refractivity contribution is 6.30. The molecule has 2 aliphatic rings. The average Bonchev–Trinajstić information content (AvgIpc) is 3.40. The molecule has 0 saturated carbocycles.